The molecule has 0 aliphatic carbocycles. The minimum atomic E-state index is -0.0974. The molecule has 0 aromatic carbocycles. The second-order valence-electron chi connectivity index (χ2n) is 3.56. The van der Waals surface area contributed by atoms with Crippen LogP contribution in [-0.2, 0) is 11.8 Å². The third kappa shape index (κ3) is 5.34. The number of carbonyl (C=O) groups excluding carboxylic acids is 1. The number of unbranched alkanes of at least 4 members (excludes halogenated alkanes) is 2. The van der Waals surface area contributed by atoms with Crippen molar-refractivity contribution in [3.63, 3.8) is 0 Å². The van der Waals surface area contributed by atoms with Crippen molar-refractivity contribution in [1.29, 1.82) is 0 Å². The Bertz CT molecular complexity index is 391. The largest absolute Gasteiger partial charge is 0.303 e. The fraction of sp³-hybridized carbons (Fsp3) is 0.667. The van der Waals surface area contributed by atoms with Gasteiger partial charge in [0, 0.05) is 6.42 Å². The van der Waals surface area contributed by atoms with Gasteiger partial charge in [-0.3, -0.25) is 10.1 Å². The second kappa shape index (κ2) is 6.89. The summed E-state index contributed by atoms with van der Waals surface area (Å²) in [6.45, 7) is 2.09. The normalized spacial score (nSPS) is 10.0. The van der Waals surface area contributed by atoms with Gasteiger partial charge < -0.3 is 5.32 Å². The van der Waals surface area contributed by atoms with Crippen LogP contribution >= 0.6 is 12.2 Å². The number of nitrogens with one attached hydrogen (secondary N) is 2. The Morgan fingerprint density at radius 2 is 2.24 bits per heavy atom. The van der Waals surface area contributed by atoms with Gasteiger partial charge in [0.1, 0.15) is 0 Å². The Kier molecular flexibility index (Phi) is 5.47. The molecule has 1 amide bonds. The van der Waals surface area contributed by atoms with Crippen molar-refractivity contribution < 1.29 is 4.79 Å². The van der Waals surface area contributed by atoms with E-state index in [9.17, 15) is 4.79 Å². The predicted octanol–water partition coefficient (Wildman–Crippen LogP) is 0.603. The number of nitrogens with zero attached hydrogens (tertiary/aromatic N) is 4. The van der Waals surface area contributed by atoms with Crippen LogP contribution in [0.3, 0.4) is 0 Å². The Morgan fingerprint density at radius 1 is 1.47 bits per heavy atom. The van der Waals surface area contributed by atoms with Gasteiger partial charge in [0.2, 0.25) is 5.91 Å². The summed E-state index contributed by atoms with van der Waals surface area (Å²) in [5.74, 6) is 0.172. The van der Waals surface area contributed by atoms with Gasteiger partial charge in [-0.05, 0) is 23.9 Å². The monoisotopic (exact) mass is 256 g/mol. The maximum absolute atomic E-state index is 11.4. The Labute approximate surface area is 105 Å². The highest BCUT2D eigenvalue weighted by atomic mass is 32.1. The molecule has 0 bridgehead atoms. The number of hydrogen-bond donors (Lipinski definition) is 2. The highest BCUT2D eigenvalue weighted by molar-refractivity contribution is 7.80. The van der Waals surface area contributed by atoms with E-state index in [2.05, 4.69) is 33.0 Å². The molecule has 1 aromatic heterocycles. The van der Waals surface area contributed by atoms with Crippen molar-refractivity contribution in [2.75, 3.05) is 5.32 Å². The molecule has 94 valence electrons. The molecule has 0 saturated heterocycles. The summed E-state index contributed by atoms with van der Waals surface area (Å²) in [7, 11) is 1.64. The van der Waals surface area contributed by atoms with Crippen molar-refractivity contribution in [1.82, 2.24) is 25.5 Å². The summed E-state index contributed by atoms with van der Waals surface area (Å²) in [6, 6.07) is 0. The van der Waals surface area contributed by atoms with Crippen molar-refractivity contribution in [3.05, 3.63) is 0 Å². The maximum Gasteiger partial charge on any atom is 0.269 e. The lowest BCUT2D eigenvalue weighted by molar-refractivity contribution is -0.119. The van der Waals surface area contributed by atoms with Gasteiger partial charge in [0.25, 0.3) is 5.95 Å². The van der Waals surface area contributed by atoms with Crippen LogP contribution in [0, 0.1) is 0 Å². The zero-order valence-corrected chi connectivity index (χ0v) is 10.8. The lowest BCUT2D eigenvalue weighted by atomic mass is 10.2. The zero-order valence-electron chi connectivity index (χ0n) is 9.93. The lowest BCUT2D eigenvalue weighted by Crippen LogP contribution is -2.34. The number of tetrazole rings is 1. The van der Waals surface area contributed by atoms with Gasteiger partial charge in [-0.15, -0.1) is 5.10 Å². The summed E-state index contributed by atoms with van der Waals surface area (Å²) in [6.07, 6.45) is 3.47. The van der Waals surface area contributed by atoms with E-state index >= 15 is 0 Å². The summed E-state index contributed by atoms with van der Waals surface area (Å²) < 4.78 is 0. The molecular weight excluding hydrogens is 240 g/mol. The molecular formula is C9H16N6OS. The quantitative estimate of drug-likeness (QED) is 0.593. The van der Waals surface area contributed by atoms with Crippen molar-refractivity contribution in [2.45, 2.75) is 32.6 Å². The third-order valence-electron chi connectivity index (χ3n) is 1.99. The smallest absolute Gasteiger partial charge is 0.269 e. The standard InChI is InChI=1S/C9H16N6OS/c1-3-4-5-6-7(16)10-9(17)11-8-12-14-15(2)13-8/h3-6H2,1-2H3,(H2,10,11,13,16,17). The van der Waals surface area contributed by atoms with E-state index in [1.54, 1.807) is 7.05 Å². The number of aryl methyl sites for hydroxylation is 1. The maximum atomic E-state index is 11.4. The molecule has 7 nitrogen and oxygen atoms in total. The molecule has 8 heteroatoms. The number of anilines is 1. The van der Waals surface area contributed by atoms with Gasteiger partial charge in [-0.1, -0.05) is 24.9 Å². The minimum Gasteiger partial charge on any atom is -0.303 e. The van der Waals surface area contributed by atoms with Crippen LogP contribution in [0.5, 0.6) is 0 Å². The van der Waals surface area contributed by atoms with E-state index in [1.165, 1.54) is 4.80 Å². The van der Waals surface area contributed by atoms with Crippen LogP contribution in [0.25, 0.3) is 0 Å². The van der Waals surface area contributed by atoms with Crippen molar-refractivity contribution in [2.24, 2.45) is 7.05 Å². The molecule has 1 heterocycles. The Morgan fingerprint density at radius 3 is 2.82 bits per heavy atom. The fourth-order valence-electron chi connectivity index (χ4n) is 1.19. The predicted molar refractivity (Wildman–Crippen MR) is 67.3 cm³/mol. The minimum absolute atomic E-state index is 0.0974. The molecule has 2 N–H and O–H groups in total. The van der Waals surface area contributed by atoms with E-state index in [0.717, 1.165) is 19.3 Å². The number of hydrogen-bond acceptors (Lipinski definition) is 5. The number of aromatic nitrogens is 4. The van der Waals surface area contributed by atoms with Crippen LogP contribution in [0.15, 0.2) is 0 Å². The topological polar surface area (TPSA) is 84.7 Å². The van der Waals surface area contributed by atoms with Gasteiger partial charge in [-0.25, -0.2) is 0 Å². The first-order valence-corrected chi connectivity index (χ1v) is 5.87. The first-order valence-electron chi connectivity index (χ1n) is 5.46. The number of carbonyl (C=O) groups is 1. The number of rotatable bonds is 5. The average molecular weight is 256 g/mol. The van der Waals surface area contributed by atoms with E-state index in [1.807, 2.05) is 0 Å². The van der Waals surface area contributed by atoms with Crippen molar-refractivity contribution >= 4 is 29.2 Å². The van der Waals surface area contributed by atoms with E-state index in [4.69, 9.17) is 12.2 Å². The fourth-order valence-corrected chi connectivity index (χ4v) is 1.40. The molecule has 0 atom stereocenters. The van der Waals surface area contributed by atoms with E-state index in [0.29, 0.717) is 6.42 Å². The second-order valence-corrected chi connectivity index (χ2v) is 3.97. The highest BCUT2D eigenvalue weighted by Gasteiger charge is 2.06. The first kappa shape index (κ1) is 13.5. The van der Waals surface area contributed by atoms with Crippen LogP contribution in [0.1, 0.15) is 32.6 Å². The van der Waals surface area contributed by atoms with Gasteiger partial charge >= 0.3 is 0 Å². The molecule has 0 radical (unpaired) electrons. The zero-order chi connectivity index (χ0) is 12.7. The summed E-state index contributed by atoms with van der Waals surface area (Å²) in [5, 5.41) is 16.6. The highest BCUT2D eigenvalue weighted by Crippen LogP contribution is 1.98. The van der Waals surface area contributed by atoms with Gasteiger partial charge in [0.05, 0.1) is 7.05 Å². The van der Waals surface area contributed by atoms with Crippen LogP contribution in [0.4, 0.5) is 5.95 Å². The molecule has 0 spiro atoms. The molecule has 17 heavy (non-hydrogen) atoms. The van der Waals surface area contributed by atoms with Crippen LogP contribution < -0.4 is 10.6 Å². The third-order valence-corrected chi connectivity index (χ3v) is 2.20. The van der Waals surface area contributed by atoms with Crippen LogP contribution in [0.2, 0.25) is 0 Å². The Balaban J connectivity index is 2.27. The van der Waals surface area contributed by atoms with Crippen molar-refractivity contribution in [3.8, 4) is 0 Å². The summed E-state index contributed by atoms with van der Waals surface area (Å²) in [4.78, 5) is 12.7. The molecule has 1 rings (SSSR count). The summed E-state index contributed by atoms with van der Waals surface area (Å²) >= 11 is 4.94. The Hall–Kier alpha value is -1.57. The molecule has 0 unspecified atom stereocenters. The number of amides is 1. The molecule has 0 aliphatic rings. The number of thiocarbonyl (C=S) groups is 1. The first-order chi connectivity index (χ1) is 8.11. The summed E-state index contributed by atoms with van der Waals surface area (Å²) in [5.41, 5.74) is 0. The van der Waals surface area contributed by atoms with Gasteiger partial charge in [0.15, 0.2) is 5.11 Å². The van der Waals surface area contributed by atoms with Gasteiger partial charge in [-0.2, -0.15) is 4.80 Å². The molecule has 1 aromatic rings. The molecule has 0 fully saturated rings. The average Bonchev–Trinajstić information content (AvgIpc) is 2.64. The lowest BCUT2D eigenvalue weighted by Gasteiger charge is -2.05. The van der Waals surface area contributed by atoms with E-state index in [-0.39, 0.29) is 17.0 Å². The molecule has 0 aliphatic heterocycles. The SMILES string of the molecule is CCCCCC(=O)NC(=S)Nc1nnn(C)n1. The van der Waals surface area contributed by atoms with E-state index < -0.39 is 0 Å². The molecule has 0 saturated carbocycles. The van der Waals surface area contributed by atoms with Crippen LogP contribution in [-0.4, -0.2) is 31.2 Å².